The van der Waals surface area contributed by atoms with Crippen LogP contribution in [0.15, 0.2) is 24.3 Å². The second-order valence-electron chi connectivity index (χ2n) is 7.23. The second kappa shape index (κ2) is 6.96. The van der Waals surface area contributed by atoms with Gasteiger partial charge in [-0.15, -0.1) is 0 Å². The number of anilines is 1. The quantitative estimate of drug-likeness (QED) is 0.652. The number of imide groups is 1. The smallest absolute Gasteiger partial charge is 0.421 e. The first kappa shape index (κ1) is 19.1. The number of Topliss-reactive ketones (excluding diaryl/α,β-unsaturated/α-hetero) is 1. The van der Waals surface area contributed by atoms with E-state index in [4.69, 9.17) is 4.74 Å². The third kappa shape index (κ3) is 3.58. The standard InChI is InChI=1S/C19H25NO5/c1-5-6-7-12-15(21)19(24)13-10-8-9-11-14(13)20(16(19)22)17(23)25-18(2,3)4/h8-11,24H,5-7,12H2,1-4H3/t19-/m1/s1. The van der Waals surface area contributed by atoms with Gasteiger partial charge in [0.15, 0.2) is 5.78 Å². The van der Waals surface area contributed by atoms with Gasteiger partial charge in [0.1, 0.15) is 5.60 Å². The van der Waals surface area contributed by atoms with Crippen LogP contribution in [0, 0.1) is 0 Å². The molecule has 0 aliphatic carbocycles. The van der Waals surface area contributed by atoms with Gasteiger partial charge in [-0.05, 0) is 33.3 Å². The molecule has 1 heterocycles. The molecule has 136 valence electrons. The summed E-state index contributed by atoms with van der Waals surface area (Å²) < 4.78 is 5.26. The van der Waals surface area contributed by atoms with E-state index in [2.05, 4.69) is 0 Å². The lowest BCUT2D eigenvalue weighted by molar-refractivity contribution is -0.150. The van der Waals surface area contributed by atoms with Crippen LogP contribution in [0.2, 0.25) is 0 Å². The highest BCUT2D eigenvalue weighted by molar-refractivity contribution is 6.28. The van der Waals surface area contributed by atoms with Crippen molar-refractivity contribution in [3.63, 3.8) is 0 Å². The number of fused-ring (bicyclic) bond motifs is 1. The van der Waals surface area contributed by atoms with Crippen molar-refractivity contribution in [3.05, 3.63) is 29.8 Å². The summed E-state index contributed by atoms with van der Waals surface area (Å²) in [4.78, 5) is 38.7. The molecular formula is C19H25NO5. The highest BCUT2D eigenvalue weighted by Crippen LogP contribution is 2.42. The fourth-order valence-corrected chi connectivity index (χ4v) is 2.84. The van der Waals surface area contributed by atoms with E-state index in [1.165, 1.54) is 12.1 Å². The van der Waals surface area contributed by atoms with E-state index in [0.29, 0.717) is 6.42 Å². The largest absolute Gasteiger partial charge is 0.443 e. The average molecular weight is 347 g/mol. The predicted molar refractivity (Wildman–Crippen MR) is 93.2 cm³/mol. The summed E-state index contributed by atoms with van der Waals surface area (Å²) in [5, 5.41) is 10.9. The molecule has 1 aliphatic heterocycles. The molecule has 0 radical (unpaired) electrons. The molecule has 1 aromatic carbocycles. The number of amides is 2. The van der Waals surface area contributed by atoms with Gasteiger partial charge in [-0.25, -0.2) is 9.69 Å². The lowest BCUT2D eigenvalue weighted by atomic mass is 9.88. The van der Waals surface area contributed by atoms with Crippen LogP contribution < -0.4 is 4.90 Å². The average Bonchev–Trinajstić information content (AvgIpc) is 2.75. The van der Waals surface area contributed by atoms with Crippen molar-refractivity contribution in [2.24, 2.45) is 0 Å². The molecule has 2 rings (SSSR count). The molecule has 0 aromatic heterocycles. The van der Waals surface area contributed by atoms with Crippen LogP contribution in [-0.4, -0.2) is 28.5 Å². The number of hydrogen-bond donors (Lipinski definition) is 1. The maximum Gasteiger partial charge on any atom is 0.421 e. The maximum atomic E-state index is 12.8. The lowest BCUT2D eigenvalue weighted by Gasteiger charge is -2.25. The van der Waals surface area contributed by atoms with E-state index < -0.39 is 29.0 Å². The van der Waals surface area contributed by atoms with Crippen molar-refractivity contribution in [3.8, 4) is 0 Å². The van der Waals surface area contributed by atoms with Crippen LogP contribution in [0.25, 0.3) is 0 Å². The third-order valence-electron chi connectivity index (χ3n) is 4.03. The van der Waals surface area contributed by atoms with E-state index in [0.717, 1.165) is 17.7 Å². The maximum absolute atomic E-state index is 12.8. The number of benzene rings is 1. The van der Waals surface area contributed by atoms with Gasteiger partial charge < -0.3 is 9.84 Å². The number of carbonyl (C=O) groups is 3. The minimum Gasteiger partial charge on any atom is -0.443 e. The zero-order chi connectivity index (χ0) is 18.8. The van der Waals surface area contributed by atoms with Gasteiger partial charge in [-0.1, -0.05) is 38.0 Å². The van der Waals surface area contributed by atoms with Crippen LogP contribution in [-0.2, 0) is 19.9 Å². The number of rotatable bonds is 5. The summed E-state index contributed by atoms with van der Waals surface area (Å²) in [6.45, 7) is 7.04. The molecule has 25 heavy (non-hydrogen) atoms. The van der Waals surface area contributed by atoms with Crippen molar-refractivity contribution < 1.29 is 24.2 Å². The highest BCUT2D eigenvalue weighted by Gasteiger charge is 2.57. The summed E-state index contributed by atoms with van der Waals surface area (Å²) in [6, 6.07) is 6.27. The first-order chi connectivity index (χ1) is 11.6. The Hall–Kier alpha value is -2.21. The minimum absolute atomic E-state index is 0.0760. The van der Waals surface area contributed by atoms with E-state index >= 15 is 0 Å². The summed E-state index contributed by atoms with van der Waals surface area (Å²) >= 11 is 0. The Kier molecular flexibility index (Phi) is 5.32. The summed E-state index contributed by atoms with van der Waals surface area (Å²) in [7, 11) is 0. The fourth-order valence-electron chi connectivity index (χ4n) is 2.84. The highest BCUT2D eigenvalue weighted by atomic mass is 16.6. The van der Waals surface area contributed by atoms with Gasteiger partial charge in [0.25, 0.3) is 5.91 Å². The van der Waals surface area contributed by atoms with E-state index in [-0.39, 0.29) is 17.7 Å². The first-order valence-electron chi connectivity index (χ1n) is 8.55. The van der Waals surface area contributed by atoms with Crippen molar-refractivity contribution in [1.82, 2.24) is 0 Å². The number of ether oxygens (including phenoxy) is 1. The SMILES string of the molecule is CCCCCC(=O)[C@@]1(O)C(=O)N(C(=O)OC(C)(C)C)c2ccccc21. The molecule has 0 bridgehead atoms. The number of aliphatic hydroxyl groups is 1. The fraction of sp³-hybridized carbons (Fsp3) is 0.526. The Balaban J connectivity index is 2.40. The van der Waals surface area contributed by atoms with Crippen LogP contribution >= 0.6 is 0 Å². The number of para-hydroxylation sites is 1. The van der Waals surface area contributed by atoms with Crippen molar-refractivity contribution in [2.45, 2.75) is 64.6 Å². The van der Waals surface area contributed by atoms with Crippen molar-refractivity contribution >= 4 is 23.5 Å². The molecule has 1 aliphatic rings. The molecule has 6 nitrogen and oxygen atoms in total. The molecule has 1 atom stereocenters. The van der Waals surface area contributed by atoms with E-state index in [1.807, 2.05) is 6.92 Å². The summed E-state index contributed by atoms with van der Waals surface area (Å²) in [5.74, 6) is -1.56. The number of carbonyl (C=O) groups excluding carboxylic acids is 3. The van der Waals surface area contributed by atoms with Crippen molar-refractivity contribution in [2.75, 3.05) is 4.90 Å². The molecule has 0 fully saturated rings. The Morgan fingerprint density at radius 3 is 2.44 bits per heavy atom. The van der Waals surface area contributed by atoms with Gasteiger partial charge >= 0.3 is 6.09 Å². The van der Waals surface area contributed by atoms with Crippen LogP contribution in [0.4, 0.5) is 10.5 Å². The molecule has 0 unspecified atom stereocenters. The summed E-state index contributed by atoms with van der Waals surface area (Å²) in [5.41, 5.74) is -2.82. The second-order valence-corrected chi connectivity index (χ2v) is 7.23. The molecule has 0 spiro atoms. The molecule has 0 saturated heterocycles. The molecular weight excluding hydrogens is 322 g/mol. The Bertz CT molecular complexity index is 691. The number of hydrogen-bond acceptors (Lipinski definition) is 5. The predicted octanol–water partition coefficient (Wildman–Crippen LogP) is 3.31. The molecule has 1 N–H and O–H groups in total. The Morgan fingerprint density at radius 2 is 1.84 bits per heavy atom. The van der Waals surface area contributed by atoms with Gasteiger partial charge in [-0.2, -0.15) is 0 Å². The van der Waals surface area contributed by atoms with Gasteiger partial charge in [0.2, 0.25) is 5.60 Å². The van der Waals surface area contributed by atoms with Crippen LogP contribution in [0.1, 0.15) is 58.9 Å². The third-order valence-corrected chi connectivity index (χ3v) is 4.03. The van der Waals surface area contributed by atoms with Gasteiger partial charge in [-0.3, -0.25) is 9.59 Å². The van der Waals surface area contributed by atoms with Gasteiger partial charge in [0, 0.05) is 12.0 Å². The molecule has 1 aromatic rings. The first-order valence-corrected chi connectivity index (χ1v) is 8.55. The number of unbranched alkanes of at least 4 members (excludes halogenated alkanes) is 2. The molecule has 0 saturated carbocycles. The zero-order valence-electron chi connectivity index (χ0n) is 15.2. The van der Waals surface area contributed by atoms with Gasteiger partial charge in [0.05, 0.1) is 5.69 Å². The topological polar surface area (TPSA) is 83.9 Å². The zero-order valence-corrected chi connectivity index (χ0v) is 15.2. The van der Waals surface area contributed by atoms with Crippen LogP contribution in [0.3, 0.4) is 0 Å². The lowest BCUT2D eigenvalue weighted by Crippen LogP contribution is -2.49. The normalized spacial score (nSPS) is 19.7. The monoisotopic (exact) mass is 347 g/mol. The van der Waals surface area contributed by atoms with Crippen molar-refractivity contribution in [1.29, 1.82) is 0 Å². The molecule has 2 amide bonds. The number of ketones is 1. The van der Waals surface area contributed by atoms with E-state index in [9.17, 15) is 19.5 Å². The number of nitrogens with zero attached hydrogens (tertiary/aromatic N) is 1. The Labute approximate surface area is 147 Å². The van der Waals surface area contributed by atoms with Crippen LogP contribution in [0.5, 0.6) is 0 Å². The minimum atomic E-state index is -2.33. The Morgan fingerprint density at radius 1 is 1.20 bits per heavy atom. The summed E-state index contributed by atoms with van der Waals surface area (Å²) in [6.07, 6.45) is 1.50. The van der Waals surface area contributed by atoms with E-state index in [1.54, 1.807) is 32.9 Å². The molecule has 6 heteroatoms.